The van der Waals surface area contributed by atoms with Crippen LogP contribution in [0.1, 0.15) is 265 Å². The average molecular weight is 804 g/mol. The maximum atomic E-state index is 13.2. The fourth-order valence-electron chi connectivity index (χ4n) is 7.72. The van der Waals surface area contributed by atoms with E-state index in [1.165, 1.54) is 161 Å². The number of unbranched alkanes of at least 4 members (excludes halogenated alkanes) is 30. The Kier molecular flexibility index (Phi) is 44.1. The molecule has 0 aromatic rings. The molecule has 0 aliphatic heterocycles. The van der Waals surface area contributed by atoms with Crippen LogP contribution in [0.3, 0.4) is 0 Å². The Balaban J connectivity index is 4.57. The van der Waals surface area contributed by atoms with Gasteiger partial charge in [-0.1, -0.05) is 225 Å². The number of allylic oxidation sites excluding steroid dienone is 4. The zero-order valence-corrected chi connectivity index (χ0v) is 38.2. The number of carbonyl (C=O) groups excluding carboxylic acids is 2. The maximum Gasteiger partial charge on any atom is 0.306 e. The minimum absolute atomic E-state index is 0.0779. The molecule has 0 aromatic heterocycles. The van der Waals surface area contributed by atoms with Crippen LogP contribution in [0.15, 0.2) is 24.3 Å². The van der Waals surface area contributed by atoms with Gasteiger partial charge in [0.05, 0.1) is 25.2 Å². The molecular weight excluding hydrogens is 707 g/mol. The fourth-order valence-corrected chi connectivity index (χ4v) is 7.72. The first kappa shape index (κ1) is 55.3. The van der Waals surface area contributed by atoms with Gasteiger partial charge in [-0.25, -0.2) is 0 Å². The first-order valence-corrected chi connectivity index (χ1v) is 25.1. The van der Waals surface area contributed by atoms with Crippen molar-refractivity contribution in [3.63, 3.8) is 0 Å². The summed E-state index contributed by atoms with van der Waals surface area (Å²) in [5.74, 6) is -0.476. The van der Waals surface area contributed by atoms with Crippen molar-refractivity contribution >= 4 is 11.9 Å². The van der Waals surface area contributed by atoms with Crippen LogP contribution < -0.4 is 5.32 Å². The van der Waals surface area contributed by atoms with Crippen molar-refractivity contribution in [1.82, 2.24) is 5.32 Å². The highest BCUT2D eigenvalue weighted by Crippen LogP contribution is 2.18. The fraction of sp³-hybridized carbons (Fsp3) is 0.882. The molecule has 0 saturated carbocycles. The third kappa shape index (κ3) is 40.9. The summed E-state index contributed by atoms with van der Waals surface area (Å²) in [5.41, 5.74) is 0. The Bertz CT molecular complexity index is 904. The molecule has 0 aromatic carbocycles. The summed E-state index contributed by atoms with van der Waals surface area (Å²) in [5, 5.41) is 23.7. The van der Waals surface area contributed by atoms with Gasteiger partial charge in [-0.05, 0) is 51.4 Å². The zero-order chi connectivity index (χ0) is 41.7. The quantitative estimate of drug-likeness (QED) is 0.0324. The zero-order valence-electron chi connectivity index (χ0n) is 38.2. The molecule has 0 aliphatic carbocycles. The van der Waals surface area contributed by atoms with Crippen molar-refractivity contribution in [1.29, 1.82) is 0 Å². The molecule has 0 radical (unpaired) electrons. The molecule has 6 heteroatoms. The standard InChI is InChI=1S/C51H97NO5/c1-4-7-10-13-16-19-21-23-25-27-29-32-35-38-41-44-51(56)57-47(42-39-36-33-31-28-26-24-22-20-17-14-11-8-5-2)45-50(55)52-48(46-53)49(54)43-40-37-34-30-18-15-12-9-6-3/h16,19,21,23,47-49,53-54H,4-15,17-18,20,22,24-46H2,1-3H3,(H,52,55)/b19-16+,23-21+. The van der Waals surface area contributed by atoms with Crippen molar-refractivity contribution < 1.29 is 24.5 Å². The van der Waals surface area contributed by atoms with E-state index in [4.69, 9.17) is 4.74 Å². The average Bonchev–Trinajstić information content (AvgIpc) is 3.20. The number of hydrogen-bond donors (Lipinski definition) is 3. The molecule has 1 amide bonds. The molecule has 6 nitrogen and oxygen atoms in total. The summed E-state index contributed by atoms with van der Waals surface area (Å²) >= 11 is 0. The van der Waals surface area contributed by atoms with Crippen LogP contribution in [0, 0.1) is 0 Å². The second kappa shape index (κ2) is 45.4. The Morgan fingerprint density at radius 2 is 0.877 bits per heavy atom. The maximum absolute atomic E-state index is 13.2. The van der Waals surface area contributed by atoms with Crippen LogP contribution in [0.2, 0.25) is 0 Å². The van der Waals surface area contributed by atoms with E-state index in [1.54, 1.807) is 0 Å². The van der Waals surface area contributed by atoms with E-state index in [0.717, 1.165) is 57.8 Å². The normalized spacial score (nSPS) is 13.4. The van der Waals surface area contributed by atoms with E-state index in [2.05, 4.69) is 50.4 Å². The molecule has 3 N–H and O–H groups in total. The predicted octanol–water partition coefficient (Wildman–Crippen LogP) is 14.7. The SMILES string of the molecule is CCCCC/C=C/C=C/CCCCCCCCC(=O)OC(CCCCCCCCCCCCCCCC)CC(=O)NC(CO)C(O)CCCCCCCCCCC. The number of aliphatic hydroxyl groups is 2. The summed E-state index contributed by atoms with van der Waals surface area (Å²) in [6.07, 6.45) is 50.9. The van der Waals surface area contributed by atoms with Gasteiger partial charge in [0, 0.05) is 6.42 Å². The number of carbonyl (C=O) groups is 2. The van der Waals surface area contributed by atoms with Crippen LogP contribution in [0.25, 0.3) is 0 Å². The van der Waals surface area contributed by atoms with Crippen molar-refractivity contribution in [2.75, 3.05) is 6.61 Å². The summed E-state index contributed by atoms with van der Waals surface area (Å²) in [4.78, 5) is 26.1. The lowest BCUT2D eigenvalue weighted by atomic mass is 10.0. The van der Waals surface area contributed by atoms with Crippen molar-refractivity contribution in [2.45, 2.75) is 283 Å². The largest absolute Gasteiger partial charge is 0.462 e. The first-order chi connectivity index (χ1) is 28.0. The van der Waals surface area contributed by atoms with E-state index in [1.807, 2.05) is 0 Å². The van der Waals surface area contributed by atoms with Gasteiger partial charge in [-0.3, -0.25) is 9.59 Å². The molecule has 0 aliphatic rings. The van der Waals surface area contributed by atoms with Gasteiger partial charge >= 0.3 is 5.97 Å². The molecular formula is C51H97NO5. The molecule has 0 spiro atoms. The number of ether oxygens (including phenoxy) is 1. The van der Waals surface area contributed by atoms with Crippen LogP contribution in [0.4, 0.5) is 0 Å². The van der Waals surface area contributed by atoms with Gasteiger partial charge in [0.1, 0.15) is 6.10 Å². The molecule has 57 heavy (non-hydrogen) atoms. The predicted molar refractivity (Wildman–Crippen MR) is 246 cm³/mol. The van der Waals surface area contributed by atoms with Gasteiger partial charge in [0.15, 0.2) is 0 Å². The smallest absolute Gasteiger partial charge is 0.306 e. The van der Waals surface area contributed by atoms with Crippen LogP contribution >= 0.6 is 0 Å². The van der Waals surface area contributed by atoms with E-state index in [9.17, 15) is 19.8 Å². The molecule has 336 valence electrons. The molecule has 3 atom stereocenters. The van der Waals surface area contributed by atoms with Crippen LogP contribution in [-0.2, 0) is 14.3 Å². The topological polar surface area (TPSA) is 95.9 Å². The Morgan fingerprint density at radius 1 is 0.509 bits per heavy atom. The highest BCUT2D eigenvalue weighted by atomic mass is 16.5. The highest BCUT2D eigenvalue weighted by molar-refractivity contribution is 5.77. The van der Waals surface area contributed by atoms with Gasteiger partial charge in [0.2, 0.25) is 5.91 Å². The highest BCUT2D eigenvalue weighted by Gasteiger charge is 2.24. The van der Waals surface area contributed by atoms with Crippen LogP contribution in [0.5, 0.6) is 0 Å². The summed E-state index contributed by atoms with van der Waals surface area (Å²) in [6, 6.07) is -0.697. The number of amides is 1. The minimum Gasteiger partial charge on any atom is -0.462 e. The number of rotatable bonds is 45. The van der Waals surface area contributed by atoms with Gasteiger partial charge < -0.3 is 20.3 Å². The van der Waals surface area contributed by atoms with Crippen molar-refractivity contribution in [3.05, 3.63) is 24.3 Å². The summed E-state index contributed by atoms with van der Waals surface area (Å²) < 4.78 is 5.92. The van der Waals surface area contributed by atoms with Crippen LogP contribution in [-0.4, -0.2) is 46.9 Å². The Hall–Kier alpha value is -1.66. The third-order valence-electron chi connectivity index (χ3n) is 11.6. The Morgan fingerprint density at radius 3 is 1.33 bits per heavy atom. The molecule has 0 saturated heterocycles. The van der Waals surface area contributed by atoms with E-state index < -0.39 is 18.2 Å². The summed E-state index contributed by atoms with van der Waals surface area (Å²) in [7, 11) is 0. The minimum atomic E-state index is -0.783. The summed E-state index contributed by atoms with van der Waals surface area (Å²) in [6.45, 7) is 6.44. The third-order valence-corrected chi connectivity index (χ3v) is 11.6. The number of hydrogen-bond acceptors (Lipinski definition) is 5. The second-order valence-electron chi connectivity index (χ2n) is 17.3. The lowest BCUT2D eigenvalue weighted by molar-refractivity contribution is -0.151. The van der Waals surface area contributed by atoms with Gasteiger partial charge in [0.25, 0.3) is 0 Å². The lowest BCUT2D eigenvalue weighted by Gasteiger charge is -2.24. The number of aliphatic hydroxyl groups excluding tert-OH is 2. The monoisotopic (exact) mass is 804 g/mol. The molecule has 0 bridgehead atoms. The van der Waals surface area contributed by atoms with E-state index in [-0.39, 0.29) is 24.9 Å². The van der Waals surface area contributed by atoms with E-state index >= 15 is 0 Å². The first-order valence-electron chi connectivity index (χ1n) is 25.1. The lowest BCUT2D eigenvalue weighted by Crippen LogP contribution is -2.46. The van der Waals surface area contributed by atoms with Crippen molar-refractivity contribution in [3.8, 4) is 0 Å². The molecule has 0 fully saturated rings. The molecule has 3 unspecified atom stereocenters. The number of nitrogens with one attached hydrogen (secondary N) is 1. The van der Waals surface area contributed by atoms with E-state index in [0.29, 0.717) is 19.3 Å². The Labute approximate surface area is 354 Å². The molecule has 0 heterocycles. The molecule has 0 rings (SSSR count). The van der Waals surface area contributed by atoms with Gasteiger partial charge in [-0.15, -0.1) is 0 Å². The second-order valence-corrected chi connectivity index (χ2v) is 17.3. The van der Waals surface area contributed by atoms with Crippen molar-refractivity contribution in [2.24, 2.45) is 0 Å². The van der Waals surface area contributed by atoms with Gasteiger partial charge in [-0.2, -0.15) is 0 Å². The number of esters is 1.